The standard InChI is InChI=1S/C17H26N4O4S/c1-12-4-7-18-21(12)8-5-16(22)20-10-14-13(9-19-26(2,23)24)15-3-6-17(14,11-20)25-15/h4,7,13-15,19H,3,5-6,8-11H2,1-2H3/t13-,14+,15+,17+/m0/s1. The zero-order valence-corrected chi connectivity index (χ0v) is 16.0. The third kappa shape index (κ3) is 3.16. The van der Waals surface area contributed by atoms with Gasteiger partial charge in [-0.25, -0.2) is 13.1 Å². The Morgan fingerprint density at radius 3 is 3.00 bits per heavy atom. The molecule has 1 N–H and O–H groups in total. The third-order valence-electron chi connectivity index (χ3n) is 6.18. The first-order valence-corrected chi connectivity index (χ1v) is 11.1. The predicted octanol–water partition coefficient (Wildman–Crippen LogP) is 0.137. The molecule has 1 amide bonds. The molecule has 1 aromatic rings. The smallest absolute Gasteiger partial charge is 0.224 e. The summed E-state index contributed by atoms with van der Waals surface area (Å²) in [5.74, 6) is 0.473. The van der Waals surface area contributed by atoms with Gasteiger partial charge in [0.15, 0.2) is 0 Å². The van der Waals surface area contributed by atoms with Crippen molar-refractivity contribution in [2.24, 2.45) is 11.8 Å². The van der Waals surface area contributed by atoms with Crippen molar-refractivity contribution in [1.82, 2.24) is 19.4 Å². The molecule has 0 aromatic carbocycles. The van der Waals surface area contributed by atoms with E-state index in [4.69, 9.17) is 4.74 Å². The first kappa shape index (κ1) is 17.9. The number of hydrogen-bond acceptors (Lipinski definition) is 5. The zero-order valence-electron chi connectivity index (χ0n) is 15.2. The number of nitrogens with one attached hydrogen (secondary N) is 1. The third-order valence-corrected chi connectivity index (χ3v) is 6.88. The van der Waals surface area contributed by atoms with E-state index in [9.17, 15) is 13.2 Å². The molecule has 0 radical (unpaired) electrons. The van der Waals surface area contributed by atoms with Crippen LogP contribution >= 0.6 is 0 Å². The van der Waals surface area contributed by atoms with Crippen LogP contribution in [0.1, 0.15) is 25.0 Å². The van der Waals surface area contributed by atoms with Gasteiger partial charge in [-0.3, -0.25) is 9.48 Å². The van der Waals surface area contributed by atoms with Crippen molar-refractivity contribution in [3.05, 3.63) is 18.0 Å². The molecule has 4 atom stereocenters. The van der Waals surface area contributed by atoms with Crippen molar-refractivity contribution in [3.63, 3.8) is 0 Å². The minimum Gasteiger partial charge on any atom is -0.369 e. The van der Waals surface area contributed by atoms with Crippen molar-refractivity contribution in [3.8, 4) is 0 Å². The lowest BCUT2D eigenvalue weighted by Gasteiger charge is -2.29. The van der Waals surface area contributed by atoms with Gasteiger partial charge in [0.25, 0.3) is 0 Å². The lowest BCUT2D eigenvalue weighted by molar-refractivity contribution is -0.132. The van der Waals surface area contributed by atoms with Crippen LogP contribution in [0.5, 0.6) is 0 Å². The second-order valence-corrected chi connectivity index (χ2v) is 9.70. The van der Waals surface area contributed by atoms with Gasteiger partial charge in [0.1, 0.15) is 0 Å². The summed E-state index contributed by atoms with van der Waals surface area (Å²) in [6, 6.07) is 1.93. The summed E-state index contributed by atoms with van der Waals surface area (Å²) < 4.78 is 33.7. The van der Waals surface area contributed by atoms with Gasteiger partial charge in [0.05, 0.1) is 24.5 Å². The number of aromatic nitrogens is 2. The molecule has 3 aliphatic heterocycles. The van der Waals surface area contributed by atoms with Crippen molar-refractivity contribution >= 4 is 15.9 Å². The van der Waals surface area contributed by atoms with Crippen molar-refractivity contribution in [2.75, 3.05) is 25.9 Å². The van der Waals surface area contributed by atoms with Crippen LogP contribution in [0.25, 0.3) is 0 Å². The summed E-state index contributed by atoms with van der Waals surface area (Å²) in [7, 11) is -3.22. The molecule has 9 heteroatoms. The molecule has 3 aliphatic rings. The summed E-state index contributed by atoms with van der Waals surface area (Å²) in [4.78, 5) is 14.6. The quantitative estimate of drug-likeness (QED) is 0.755. The zero-order chi connectivity index (χ0) is 18.5. The number of likely N-dealkylation sites (tertiary alicyclic amines) is 1. The molecule has 2 bridgehead atoms. The van der Waals surface area contributed by atoms with E-state index >= 15 is 0 Å². The van der Waals surface area contributed by atoms with Crippen molar-refractivity contribution in [2.45, 2.75) is 44.4 Å². The summed E-state index contributed by atoms with van der Waals surface area (Å²) in [6.45, 7) is 4.23. The number of nitrogens with zero attached hydrogens (tertiary/aromatic N) is 3. The SMILES string of the molecule is Cc1ccnn1CCC(=O)N1C[C@@H]2[C@H](CNS(C)(=O)=O)[C@H]3CC[C@]2(C1)O3. The number of rotatable bonds is 6. The molecule has 0 saturated carbocycles. The van der Waals surface area contributed by atoms with Crippen LogP contribution in [0, 0.1) is 18.8 Å². The van der Waals surface area contributed by atoms with E-state index in [0.717, 1.165) is 18.5 Å². The van der Waals surface area contributed by atoms with Gasteiger partial charge in [-0.1, -0.05) is 0 Å². The molecule has 1 spiro atoms. The highest BCUT2D eigenvalue weighted by atomic mass is 32.2. The van der Waals surface area contributed by atoms with E-state index in [1.807, 2.05) is 22.6 Å². The van der Waals surface area contributed by atoms with Gasteiger partial charge in [0, 0.05) is 49.8 Å². The fourth-order valence-electron chi connectivity index (χ4n) is 4.89. The molecular formula is C17H26N4O4S. The van der Waals surface area contributed by atoms with Gasteiger partial charge in [0.2, 0.25) is 15.9 Å². The van der Waals surface area contributed by atoms with Gasteiger partial charge in [-0.15, -0.1) is 0 Å². The molecule has 3 fully saturated rings. The maximum absolute atomic E-state index is 12.7. The summed E-state index contributed by atoms with van der Waals surface area (Å²) in [5.41, 5.74) is 0.773. The first-order valence-electron chi connectivity index (χ1n) is 9.16. The van der Waals surface area contributed by atoms with E-state index in [2.05, 4.69) is 9.82 Å². The molecule has 1 aromatic heterocycles. The Labute approximate surface area is 153 Å². The number of aryl methyl sites for hydroxylation is 2. The Hall–Kier alpha value is -1.45. The fourth-order valence-corrected chi connectivity index (χ4v) is 5.39. The van der Waals surface area contributed by atoms with Crippen LogP contribution in [-0.2, 0) is 26.1 Å². The van der Waals surface area contributed by atoms with E-state index in [0.29, 0.717) is 32.6 Å². The largest absolute Gasteiger partial charge is 0.369 e. The summed E-state index contributed by atoms with van der Waals surface area (Å²) in [6.07, 6.45) is 5.35. The second kappa shape index (κ2) is 6.31. The molecule has 144 valence electrons. The second-order valence-electron chi connectivity index (χ2n) is 7.87. The van der Waals surface area contributed by atoms with Gasteiger partial charge in [-0.05, 0) is 25.8 Å². The van der Waals surface area contributed by atoms with Crippen LogP contribution in [0.3, 0.4) is 0 Å². The molecule has 4 heterocycles. The fraction of sp³-hybridized carbons (Fsp3) is 0.765. The topological polar surface area (TPSA) is 93.5 Å². The molecule has 8 nitrogen and oxygen atoms in total. The number of carbonyl (C=O) groups is 1. The van der Waals surface area contributed by atoms with E-state index in [1.54, 1.807) is 6.20 Å². The lowest BCUT2D eigenvalue weighted by Crippen LogP contribution is -2.41. The van der Waals surface area contributed by atoms with Crippen LogP contribution in [-0.4, -0.2) is 66.6 Å². The Kier molecular flexibility index (Phi) is 4.36. The number of hydrogen-bond donors (Lipinski definition) is 1. The highest BCUT2D eigenvalue weighted by Crippen LogP contribution is 2.54. The predicted molar refractivity (Wildman–Crippen MR) is 94.8 cm³/mol. The van der Waals surface area contributed by atoms with Crippen LogP contribution < -0.4 is 4.72 Å². The Morgan fingerprint density at radius 2 is 2.31 bits per heavy atom. The average Bonchev–Trinajstić information content (AvgIpc) is 3.29. The number of fused-ring (bicyclic) bond motifs is 1. The van der Waals surface area contributed by atoms with Gasteiger partial charge < -0.3 is 9.64 Å². The number of sulfonamides is 1. The molecule has 4 rings (SSSR count). The maximum atomic E-state index is 12.7. The first-order chi connectivity index (χ1) is 12.3. The molecular weight excluding hydrogens is 356 g/mol. The van der Waals surface area contributed by atoms with E-state index < -0.39 is 10.0 Å². The van der Waals surface area contributed by atoms with Crippen molar-refractivity contribution in [1.29, 1.82) is 0 Å². The van der Waals surface area contributed by atoms with Crippen LogP contribution in [0.4, 0.5) is 0 Å². The van der Waals surface area contributed by atoms with Crippen LogP contribution in [0.2, 0.25) is 0 Å². The maximum Gasteiger partial charge on any atom is 0.224 e. The van der Waals surface area contributed by atoms with Crippen molar-refractivity contribution < 1.29 is 17.9 Å². The minimum absolute atomic E-state index is 0.109. The lowest BCUT2D eigenvalue weighted by atomic mass is 9.74. The number of amides is 1. The normalized spacial score (nSPS) is 33.0. The summed E-state index contributed by atoms with van der Waals surface area (Å²) >= 11 is 0. The number of ether oxygens (including phenoxy) is 1. The summed E-state index contributed by atoms with van der Waals surface area (Å²) in [5, 5.41) is 4.22. The Morgan fingerprint density at radius 1 is 1.50 bits per heavy atom. The van der Waals surface area contributed by atoms with Gasteiger partial charge in [-0.2, -0.15) is 5.10 Å². The average molecular weight is 382 g/mol. The minimum atomic E-state index is -3.22. The highest BCUT2D eigenvalue weighted by molar-refractivity contribution is 7.88. The highest BCUT2D eigenvalue weighted by Gasteiger charge is 2.63. The number of carbonyl (C=O) groups excluding carboxylic acids is 1. The van der Waals surface area contributed by atoms with E-state index in [-0.39, 0.29) is 29.4 Å². The molecule has 3 saturated heterocycles. The molecule has 26 heavy (non-hydrogen) atoms. The molecule has 0 aliphatic carbocycles. The van der Waals surface area contributed by atoms with Crippen LogP contribution in [0.15, 0.2) is 12.3 Å². The van der Waals surface area contributed by atoms with E-state index in [1.165, 1.54) is 6.26 Å². The Bertz CT molecular complexity index is 807. The monoisotopic (exact) mass is 382 g/mol. The molecule has 0 unspecified atom stereocenters. The Balaban J connectivity index is 1.39. The van der Waals surface area contributed by atoms with Gasteiger partial charge >= 0.3 is 0 Å².